The van der Waals surface area contributed by atoms with E-state index in [1.807, 2.05) is 31.2 Å². The highest BCUT2D eigenvalue weighted by atomic mass is 32.1. The third-order valence-corrected chi connectivity index (χ3v) is 6.96. The number of nitrogens with zero attached hydrogens (tertiary/aromatic N) is 2. The number of aromatic nitrogens is 1. The van der Waals surface area contributed by atoms with Crippen LogP contribution in [0.1, 0.15) is 55.6 Å². The molecule has 1 aliphatic heterocycles. The molecule has 1 saturated heterocycles. The fourth-order valence-corrected chi connectivity index (χ4v) is 5.20. The fraction of sp³-hybridized carbons (Fsp3) is 0.625. The molecule has 0 spiro atoms. The van der Waals surface area contributed by atoms with Crippen LogP contribution in [-0.4, -0.2) is 48.3 Å². The summed E-state index contributed by atoms with van der Waals surface area (Å²) in [4.78, 5) is 8.46. The Hall–Kier alpha value is -1.63. The largest absolute Gasteiger partial charge is 0.497 e. The minimum absolute atomic E-state index is 0.275. The van der Waals surface area contributed by atoms with E-state index in [-0.39, 0.29) is 5.41 Å². The van der Waals surface area contributed by atoms with Crippen molar-refractivity contribution in [1.82, 2.24) is 9.88 Å². The van der Waals surface area contributed by atoms with Crippen molar-refractivity contribution >= 4 is 11.3 Å². The summed E-state index contributed by atoms with van der Waals surface area (Å²) in [5, 5.41) is 12.3. The third-order valence-electron chi connectivity index (χ3n) is 5.55. The van der Waals surface area contributed by atoms with E-state index in [2.05, 4.69) is 25.7 Å². The van der Waals surface area contributed by atoms with Crippen LogP contribution in [0.3, 0.4) is 0 Å². The molecular weight excluding hydrogens is 396 g/mol. The quantitative estimate of drug-likeness (QED) is 0.681. The number of rotatable bonds is 7. The van der Waals surface area contributed by atoms with Crippen LogP contribution < -0.4 is 9.47 Å². The Morgan fingerprint density at radius 2 is 1.83 bits per heavy atom. The minimum Gasteiger partial charge on any atom is -0.497 e. The van der Waals surface area contributed by atoms with Gasteiger partial charge in [-0.05, 0) is 62.4 Å². The molecule has 0 aliphatic carbocycles. The summed E-state index contributed by atoms with van der Waals surface area (Å²) in [6.45, 7) is 12.5. The summed E-state index contributed by atoms with van der Waals surface area (Å²) >= 11 is 1.65. The van der Waals surface area contributed by atoms with Crippen LogP contribution in [0.15, 0.2) is 24.3 Å². The van der Waals surface area contributed by atoms with E-state index in [4.69, 9.17) is 14.5 Å². The zero-order valence-electron chi connectivity index (χ0n) is 19.0. The van der Waals surface area contributed by atoms with E-state index >= 15 is 0 Å². The molecule has 1 aromatic carbocycles. The predicted molar refractivity (Wildman–Crippen MR) is 123 cm³/mol. The van der Waals surface area contributed by atoms with Crippen LogP contribution in [0.5, 0.6) is 11.5 Å². The molecule has 1 N–H and O–H groups in total. The van der Waals surface area contributed by atoms with Crippen molar-refractivity contribution in [2.24, 2.45) is 5.41 Å². The molecule has 2 aromatic rings. The highest BCUT2D eigenvalue weighted by Crippen LogP contribution is 2.37. The van der Waals surface area contributed by atoms with Gasteiger partial charge >= 0.3 is 0 Å². The Balaban J connectivity index is 1.58. The number of methoxy groups -OCH3 is 1. The Morgan fingerprint density at radius 3 is 2.50 bits per heavy atom. The van der Waals surface area contributed by atoms with Crippen molar-refractivity contribution in [2.45, 2.75) is 59.0 Å². The molecule has 2 heterocycles. The summed E-state index contributed by atoms with van der Waals surface area (Å²) in [6.07, 6.45) is 3.32. The monoisotopic (exact) mass is 432 g/mol. The van der Waals surface area contributed by atoms with Gasteiger partial charge in [-0.3, -0.25) is 0 Å². The Kier molecular flexibility index (Phi) is 7.43. The molecule has 1 aliphatic rings. The van der Waals surface area contributed by atoms with Crippen LogP contribution in [0.4, 0.5) is 0 Å². The van der Waals surface area contributed by atoms with Crippen LogP contribution in [0.2, 0.25) is 0 Å². The van der Waals surface area contributed by atoms with E-state index in [9.17, 15) is 5.11 Å². The first-order chi connectivity index (χ1) is 14.2. The standard InChI is InChI=1S/C24H36N2O3S/c1-18-21(11-16-29-20-9-7-19(28-5)8-10-20)30-22(25-18)24(27)12-6-14-26(15-13-24)17-23(2,3)4/h7-10,27H,6,11-17H2,1-5H3. The first-order valence-corrected chi connectivity index (χ1v) is 11.7. The van der Waals surface area contributed by atoms with Crippen LogP contribution in [0.25, 0.3) is 0 Å². The van der Waals surface area contributed by atoms with Gasteiger partial charge in [0, 0.05) is 24.4 Å². The van der Waals surface area contributed by atoms with Crippen molar-refractivity contribution < 1.29 is 14.6 Å². The van der Waals surface area contributed by atoms with E-state index in [0.717, 1.165) is 67.5 Å². The second-order valence-corrected chi connectivity index (χ2v) is 10.6. The molecule has 6 heteroatoms. The van der Waals surface area contributed by atoms with Gasteiger partial charge in [-0.25, -0.2) is 4.98 Å². The molecule has 0 bridgehead atoms. The Morgan fingerprint density at radius 1 is 1.13 bits per heavy atom. The lowest BCUT2D eigenvalue weighted by Gasteiger charge is -2.29. The number of aliphatic hydroxyl groups is 1. The van der Waals surface area contributed by atoms with Crippen molar-refractivity contribution in [3.63, 3.8) is 0 Å². The fourth-order valence-electron chi connectivity index (χ4n) is 4.01. The molecular formula is C24H36N2O3S. The van der Waals surface area contributed by atoms with Crippen LogP contribution >= 0.6 is 11.3 Å². The Bertz CT molecular complexity index is 813. The summed E-state index contributed by atoms with van der Waals surface area (Å²) < 4.78 is 11.1. The summed E-state index contributed by atoms with van der Waals surface area (Å²) in [7, 11) is 1.66. The van der Waals surface area contributed by atoms with Gasteiger partial charge in [0.05, 0.1) is 19.4 Å². The van der Waals surface area contributed by atoms with Gasteiger partial charge in [0.2, 0.25) is 0 Å². The number of benzene rings is 1. The number of ether oxygens (including phenoxy) is 2. The van der Waals surface area contributed by atoms with Crippen molar-refractivity contribution in [3.05, 3.63) is 39.8 Å². The van der Waals surface area contributed by atoms with Crippen molar-refractivity contribution in [1.29, 1.82) is 0 Å². The molecule has 166 valence electrons. The van der Waals surface area contributed by atoms with Gasteiger partial charge in [-0.1, -0.05) is 20.8 Å². The summed E-state index contributed by atoms with van der Waals surface area (Å²) in [5.74, 6) is 1.66. The number of hydrogen-bond acceptors (Lipinski definition) is 6. The maximum Gasteiger partial charge on any atom is 0.125 e. The lowest BCUT2D eigenvalue weighted by atomic mass is 9.95. The SMILES string of the molecule is COc1ccc(OCCc2sc(C3(O)CCCN(CC(C)(C)C)CC3)nc2C)cc1. The molecule has 1 fully saturated rings. The predicted octanol–water partition coefficient (Wildman–Crippen LogP) is 4.80. The smallest absolute Gasteiger partial charge is 0.125 e. The lowest BCUT2D eigenvalue weighted by Crippen LogP contribution is -2.34. The van der Waals surface area contributed by atoms with Gasteiger partial charge < -0.3 is 19.5 Å². The number of hydrogen-bond donors (Lipinski definition) is 1. The first kappa shape index (κ1) is 23.0. The van der Waals surface area contributed by atoms with Gasteiger partial charge in [0.1, 0.15) is 22.1 Å². The highest BCUT2D eigenvalue weighted by Gasteiger charge is 2.36. The van der Waals surface area contributed by atoms with Crippen LogP contribution in [0, 0.1) is 12.3 Å². The zero-order chi connectivity index (χ0) is 21.8. The van der Waals surface area contributed by atoms with Gasteiger partial charge in [-0.2, -0.15) is 0 Å². The second-order valence-electron chi connectivity index (χ2n) is 9.52. The lowest BCUT2D eigenvalue weighted by molar-refractivity contribution is 0.0200. The Labute approximate surface area is 185 Å². The second kappa shape index (κ2) is 9.67. The molecule has 0 saturated carbocycles. The average Bonchev–Trinajstić information content (AvgIpc) is 2.96. The zero-order valence-corrected chi connectivity index (χ0v) is 19.8. The van der Waals surface area contributed by atoms with Crippen LogP contribution in [-0.2, 0) is 12.0 Å². The molecule has 1 aromatic heterocycles. The molecule has 0 radical (unpaired) electrons. The molecule has 0 amide bonds. The van der Waals surface area contributed by atoms with E-state index in [1.54, 1.807) is 18.4 Å². The number of aryl methyl sites for hydroxylation is 1. The van der Waals surface area contributed by atoms with Gasteiger partial charge in [0.25, 0.3) is 0 Å². The number of thiazole rings is 1. The van der Waals surface area contributed by atoms with E-state index < -0.39 is 5.60 Å². The van der Waals surface area contributed by atoms with Crippen molar-refractivity contribution in [2.75, 3.05) is 33.4 Å². The molecule has 5 nitrogen and oxygen atoms in total. The highest BCUT2D eigenvalue weighted by molar-refractivity contribution is 7.11. The summed E-state index contributed by atoms with van der Waals surface area (Å²) in [6, 6.07) is 7.63. The third kappa shape index (κ3) is 6.19. The molecule has 1 unspecified atom stereocenters. The maximum atomic E-state index is 11.4. The molecule has 30 heavy (non-hydrogen) atoms. The first-order valence-electron chi connectivity index (χ1n) is 10.9. The summed E-state index contributed by atoms with van der Waals surface area (Å²) in [5.41, 5.74) is 0.478. The van der Waals surface area contributed by atoms with Crippen molar-refractivity contribution in [3.8, 4) is 11.5 Å². The van der Waals surface area contributed by atoms with E-state index in [0.29, 0.717) is 6.61 Å². The topological polar surface area (TPSA) is 54.8 Å². The average molecular weight is 433 g/mol. The minimum atomic E-state index is -0.808. The number of likely N-dealkylation sites (tertiary alicyclic amines) is 1. The van der Waals surface area contributed by atoms with Gasteiger partial charge in [0.15, 0.2) is 0 Å². The molecule has 3 rings (SSSR count). The maximum absolute atomic E-state index is 11.4. The van der Waals surface area contributed by atoms with Gasteiger partial charge in [-0.15, -0.1) is 11.3 Å². The molecule has 1 atom stereocenters. The van der Waals surface area contributed by atoms with E-state index in [1.165, 1.54) is 4.88 Å². The normalized spacial score (nSPS) is 20.7.